The van der Waals surface area contributed by atoms with Gasteiger partial charge in [0.25, 0.3) is 0 Å². The molecule has 0 heterocycles. The molecule has 1 aliphatic carbocycles. The summed E-state index contributed by atoms with van der Waals surface area (Å²) in [5.41, 5.74) is 0.820. The topological polar surface area (TPSA) is 49.4 Å². The van der Waals surface area contributed by atoms with Gasteiger partial charge in [0.2, 0.25) is 10.0 Å². The van der Waals surface area contributed by atoms with Crippen LogP contribution in [0.25, 0.3) is 0 Å². The summed E-state index contributed by atoms with van der Waals surface area (Å²) in [6.07, 6.45) is 1.14. The Morgan fingerprint density at radius 1 is 1.37 bits per heavy atom. The van der Waals surface area contributed by atoms with E-state index in [1.165, 1.54) is 4.31 Å². The minimum absolute atomic E-state index is 0.417. The number of sulfonamides is 1. The minimum Gasteiger partial charge on any atom is -0.316 e. The summed E-state index contributed by atoms with van der Waals surface area (Å²) in [6, 6.07) is 7.19. The molecule has 0 aliphatic heterocycles. The van der Waals surface area contributed by atoms with Crippen molar-refractivity contribution in [3.63, 3.8) is 0 Å². The maximum atomic E-state index is 12.6. The van der Waals surface area contributed by atoms with E-state index in [0.29, 0.717) is 29.8 Å². The minimum atomic E-state index is -3.38. The molecule has 19 heavy (non-hydrogen) atoms. The van der Waals surface area contributed by atoms with Crippen molar-refractivity contribution in [1.29, 1.82) is 0 Å². The highest BCUT2D eigenvalue weighted by Gasteiger charge is 2.36. The van der Waals surface area contributed by atoms with Crippen LogP contribution in [0.2, 0.25) is 0 Å². The van der Waals surface area contributed by atoms with E-state index in [9.17, 15) is 8.42 Å². The van der Waals surface area contributed by atoms with Crippen LogP contribution in [0.1, 0.15) is 18.9 Å². The molecular weight excluding hydrogens is 260 g/mol. The Kier molecular flexibility index (Phi) is 4.28. The van der Waals surface area contributed by atoms with E-state index in [2.05, 4.69) is 12.2 Å². The van der Waals surface area contributed by atoms with Crippen molar-refractivity contribution in [2.75, 3.05) is 20.6 Å². The first-order chi connectivity index (χ1) is 8.96. The SMILES string of the molecule is CNCc1ccccc1S(=O)(=O)N(C)CC1CC1C. The number of hydrogen-bond donors (Lipinski definition) is 1. The molecule has 2 unspecified atom stereocenters. The molecule has 1 aliphatic rings. The number of nitrogens with zero attached hydrogens (tertiary/aromatic N) is 1. The zero-order valence-corrected chi connectivity index (χ0v) is 12.6. The first kappa shape index (κ1) is 14.5. The lowest BCUT2D eigenvalue weighted by Gasteiger charge is -2.19. The summed E-state index contributed by atoms with van der Waals surface area (Å²) in [6.45, 7) is 3.35. The van der Waals surface area contributed by atoms with Gasteiger partial charge in [-0.05, 0) is 36.9 Å². The average molecular weight is 282 g/mol. The molecule has 0 radical (unpaired) electrons. The standard InChI is InChI=1S/C14H22N2O2S/c1-11-8-13(11)10-16(3)19(17,18)14-7-5-4-6-12(14)9-15-2/h4-7,11,13,15H,8-10H2,1-3H3. The smallest absolute Gasteiger partial charge is 0.243 e. The van der Waals surface area contributed by atoms with E-state index < -0.39 is 10.0 Å². The lowest BCUT2D eigenvalue weighted by Crippen LogP contribution is -2.30. The molecule has 2 atom stereocenters. The molecule has 1 fully saturated rings. The zero-order valence-electron chi connectivity index (χ0n) is 11.8. The highest BCUT2D eigenvalue weighted by Crippen LogP contribution is 2.38. The van der Waals surface area contributed by atoms with Crippen LogP contribution < -0.4 is 5.32 Å². The van der Waals surface area contributed by atoms with Crippen LogP contribution in [0.3, 0.4) is 0 Å². The van der Waals surface area contributed by atoms with Gasteiger partial charge in [0.15, 0.2) is 0 Å². The lowest BCUT2D eigenvalue weighted by atomic mass is 10.2. The fourth-order valence-electron chi connectivity index (χ4n) is 2.34. The highest BCUT2D eigenvalue weighted by molar-refractivity contribution is 7.89. The molecule has 5 heteroatoms. The van der Waals surface area contributed by atoms with Gasteiger partial charge in [-0.3, -0.25) is 0 Å². The van der Waals surface area contributed by atoms with E-state index >= 15 is 0 Å². The molecule has 106 valence electrons. The third-order valence-corrected chi connectivity index (χ3v) is 5.72. The van der Waals surface area contributed by atoms with E-state index in [1.807, 2.05) is 19.2 Å². The Hall–Kier alpha value is -0.910. The summed E-state index contributed by atoms with van der Waals surface area (Å²) in [5.74, 6) is 1.18. The van der Waals surface area contributed by atoms with E-state index in [-0.39, 0.29) is 0 Å². The zero-order chi connectivity index (χ0) is 14.0. The van der Waals surface area contributed by atoms with Crippen molar-refractivity contribution in [2.24, 2.45) is 11.8 Å². The van der Waals surface area contributed by atoms with Gasteiger partial charge in [0.05, 0.1) is 4.90 Å². The highest BCUT2D eigenvalue weighted by atomic mass is 32.2. The molecular formula is C14H22N2O2S. The van der Waals surface area contributed by atoms with E-state index in [4.69, 9.17) is 0 Å². The van der Waals surface area contributed by atoms with Crippen LogP contribution in [-0.4, -0.2) is 33.4 Å². The summed E-state index contributed by atoms with van der Waals surface area (Å²) in [7, 11) is 0.119. The third kappa shape index (κ3) is 3.16. The predicted octanol–water partition coefficient (Wildman–Crippen LogP) is 1.68. The molecule has 1 aromatic rings. The third-order valence-electron chi connectivity index (χ3n) is 3.80. The molecule has 0 bridgehead atoms. The summed E-state index contributed by atoms with van der Waals surface area (Å²) < 4.78 is 26.7. The van der Waals surface area contributed by atoms with Gasteiger partial charge >= 0.3 is 0 Å². The molecule has 4 nitrogen and oxygen atoms in total. The van der Waals surface area contributed by atoms with Gasteiger partial charge < -0.3 is 5.32 Å². The number of benzene rings is 1. The molecule has 2 rings (SSSR count). The quantitative estimate of drug-likeness (QED) is 0.863. The first-order valence-corrected chi connectivity index (χ1v) is 8.09. The van der Waals surface area contributed by atoms with E-state index in [0.717, 1.165) is 12.0 Å². The fourth-order valence-corrected chi connectivity index (χ4v) is 3.79. The predicted molar refractivity (Wildman–Crippen MR) is 76.3 cm³/mol. The molecule has 1 N–H and O–H groups in total. The van der Waals surface area contributed by atoms with Gasteiger partial charge in [-0.2, -0.15) is 0 Å². The number of hydrogen-bond acceptors (Lipinski definition) is 3. The molecule has 0 saturated heterocycles. The maximum Gasteiger partial charge on any atom is 0.243 e. The van der Waals surface area contributed by atoms with Crippen LogP contribution in [0.15, 0.2) is 29.2 Å². The largest absolute Gasteiger partial charge is 0.316 e. The van der Waals surface area contributed by atoms with Gasteiger partial charge in [-0.1, -0.05) is 25.1 Å². The number of rotatable bonds is 6. The Balaban J connectivity index is 2.23. The first-order valence-electron chi connectivity index (χ1n) is 6.65. The Morgan fingerprint density at radius 3 is 2.58 bits per heavy atom. The summed E-state index contributed by atoms with van der Waals surface area (Å²) >= 11 is 0. The maximum absolute atomic E-state index is 12.6. The molecule has 0 aromatic heterocycles. The van der Waals surface area contributed by atoms with Crippen molar-refractivity contribution >= 4 is 10.0 Å². The van der Waals surface area contributed by atoms with Crippen LogP contribution in [0, 0.1) is 11.8 Å². The van der Waals surface area contributed by atoms with Crippen molar-refractivity contribution in [2.45, 2.75) is 24.8 Å². The average Bonchev–Trinajstić information content (AvgIpc) is 3.05. The normalized spacial score (nSPS) is 22.7. The van der Waals surface area contributed by atoms with E-state index in [1.54, 1.807) is 19.2 Å². The number of nitrogens with one attached hydrogen (secondary N) is 1. The molecule has 1 saturated carbocycles. The Labute approximate surface area is 115 Å². The molecule has 0 amide bonds. The van der Waals surface area contributed by atoms with Crippen molar-refractivity contribution < 1.29 is 8.42 Å². The molecule has 0 spiro atoms. The van der Waals surface area contributed by atoms with Gasteiger partial charge in [0.1, 0.15) is 0 Å². The van der Waals surface area contributed by atoms with Crippen LogP contribution in [0.4, 0.5) is 0 Å². The molecule has 1 aromatic carbocycles. The van der Waals surface area contributed by atoms with Crippen LogP contribution >= 0.6 is 0 Å². The van der Waals surface area contributed by atoms with Crippen molar-refractivity contribution in [1.82, 2.24) is 9.62 Å². The van der Waals surface area contributed by atoms with Gasteiger partial charge in [-0.15, -0.1) is 0 Å². The monoisotopic (exact) mass is 282 g/mol. The van der Waals surface area contributed by atoms with Crippen molar-refractivity contribution in [3.8, 4) is 0 Å². The Bertz CT molecular complexity index is 542. The lowest BCUT2D eigenvalue weighted by molar-refractivity contribution is 0.444. The van der Waals surface area contributed by atoms with Gasteiger partial charge in [0, 0.05) is 20.1 Å². The summed E-state index contributed by atoms with van der Waals surface area (Å²) in [5, 5.41) is 3.01. The van der Waals surface area contributed by atoms with Crippen LogP contribution in [-0.2, 0) is 16.6 Å². The second-order valence-electron chi connectivity index (χ2n) is 5.40. The Morgan fingerprint density at radius 2 is 2.00 bits per heavy atom. The van der Waals surface area contributed by atoms with Gasteiger partial charge in [-0.25, -0.2) is 12.7 Å². The summed E-state index contributed by atoms with van der Waals surface area (Å²) in [4.78, 5) is 0.417. The second-order valence-corrected chi connectivity index (χ2v) is 7.41. The fraction of sp³-hybridized carbons (Fsp3) is 0.571. The van der Waals surface area contributed by atoms with Crippen LogP contribution in [0.5, 0.6) is 0 Å². The van der Waals surface area contributed by atoms with Crippen molar-refractivity contribution in [3.05, 3.63) is 29.8 Å². The second kappa shape index (κ2) is 5.61.